The molecule has 0 saturated carbocycles. The molecule has 0 amide bonds. The van der Waals surface area contributed by atoms with E-state index in [0.29, 0.717) is 12.2 Å². The Labute approximate surface area is 224 Å². The highest BCUT2D eigenvalue weighted by atomic mass is 16.5. The van der Waals surface area contributed by atoms with Gasteiger partial charge in [0, 0.05) is 5.57 Å². The van der Waals surface area contributed by atoms with Gasteiger partial charge < -0.3 is 9.47 Å². The molecule has 0 bridgehead atoms. The number of nitrogens with zero attached hydrogens (tertiary/aromatic N) is 2. The minimum Gasteiger partial charge on any atom is -0.494 e. The molecule has 0 aliphatic carbocycles. The molecular weight excluding hydrogens is 460 g/mol. The minimum atomic E-state index is -0.277. The van der Waals surface area contributed by atoms with E-state index < -0.39 is 0 Å². The fourth-order valence-corrected chi connectivity index (χ4v) is 3.93. The first-order chi connectivity index (χ1) is 18.1. The van der Waals surface area contributed by atoms with Crippen molar-refractivity contribution in [3.05, 3.63) is 66.2 Å². The van der Waals surface area contributed by atoms with Crippen LogP contribution in [0.15, 0.2) is 70.9 Å². The lowest BCUT2D eigenvalue weighted by atomic mass is 10.1. The van der Waals surface area contributed by atoms with Gasteiger partial charge in [-0.3, -0.25) is 0 Å². The smallest absolute Gasteiger partial charge is 0.333 e. The Morgan fingerprint density at radius 2 is 1.19 bits per heavy atom. The molecular formula is C32H46N2O3. The molecule has 0 unspecified atom stereocenters. The van der Waals surface area contributed by atoms with Crippen LogP contribution >= 0.6 is 0 Å². The zero-order valence-electron chi connectivity index (χ0n) is 23.1. The zero-order valence-corrected chi connectivity index (χ0v) is 23.1. The largest absolute Gasteiger partial charge is 0.494 e. The third-order valence-electron chi connectivity index (χ3n) is 6.26. The van der Waals surface area contributed by atoms with Gasteiger partial charge in [-0.15, -0.1) is 0 Å². The van der Waals surface area contributed by atoms with Gasteiger partial charge in [-0.05, 0) is 74.6 Å². The predicted molar refractivity (Wildman–Crippen MR) is 153 cm³/mol. The fourth-order valence-electron chi connectivity index (χ4n) is 3.93. The second kappa shape index (κ2) is 19.2. The van der Waals surface area contributed by atoms with Gasteiger partial charge in [-0.25, -0.2) is 4.79 Å². The van der Waals surface area contributed by atoms with Crippen LogP contribution in [0.25, 0.3) is 0 Å². The summed E-state index contributed by atoms with van der Waals surface area (Å²) in [6.07, 6.45) is 15.5. The van der Waals surface area contributed by atoms with Crippen molar-refractivity contribution in [1.82, 2.24) is 0 Å². The molecule has 2 aromatic carbocycles. The van der Waals surface area contributed by atoms with Crippen LogP contribution in [-0.4, -0.2) is 19.2 Å². The Hall–Kier alpha value is -2.95. The maximum Gasteiger partial charge on any atom is 0.333 e. The number of carbonyl (C=O) groups is 1. The van der Waals surface area contributed by atoms with Crippen molar-refractivity contribution in [3.63, 3.8) is 0 Å². The molecule has 0 aliphatic rings. The highest BCUT2D eigenvalue weighted by molar-refractivity contribution is 5.86. The Morgan fingerprint density at radius 3 is 1.70 bits per heavy atom. The van der Waals surface area contributed by atoms with Crippen molar-refractivity contribution in [2.45, 2.75) is 97.3 Å². The van der Waals surface area contributed by atoms with Gasteiger partial charge in [-0.2, -0.15) is 10.2 Å². The van der Waals surface area contributed by atoms with Crippen LogP contribution in [0.2, 0.25) is 0 Å². The summed E-state index contributed by atoms with van der Waals surface area (Å²) in [4.78, 5) is 11.3. The van der Waals surface area contributed by atoms with E-state index in [1.807, 2.05) is 36.4 Å². The van der Waals surface area contributed by atoms with Crippen LogP contribution in [0.5, 0.6) is 5.75 Å². The summed E-state index contributed by atoms with van der Waals surface area (Å²) in [5.41, 5.74) is 3.53. The number of ether oxygens (including phenoxy) is 2. The summed E-state index contributed by atoms with van der Waals surface area (Å²) < 4.78 is 11.0. The number of unbranched alkanes of at least 4 members (excludes halogenated alkanes) is 10. The molecule has 0 radical (unpaired) electrons. The Bertz CT molecular complexity index is 920. The molecule has 0 aromatic heterocycles. The van der Waals surface area contributed by atoms with Crippen LogP contribution in [0.3, 0.4) is 0 Å². The second-order valence-corrected chi connectivity index (χ2v) is 9.76. The number of hydrogen-bond acceptors (Lipinski definition) is 5. The van der Waals surface area contributed by atoms with Crippen molar-refractivity contribution in [2.75, 3.05) is 13.2 Å². The van der Waals surface area contributed by atoms with Crippen molar-refractivity contribution >= 4 is 17.3 Å². The van der Waals surface area contributed by atoms with Crippen molar-refractivity contribution in [3.8, 4) is 5.75 Å². The summed E-state index contributed by atoms with van der Waals surface area (Å²) in [5.74, 6) is 0.606. The molecule has 0 spiro atoms. The van der Waals surface area contributed by atoms with E-state index in [4.69, 9.17) is 9.47 Å². The molecule has 202 valence electrons. The summed E-state index contributed by atoms with van der Waals surface area (Å²) in [6, 6.07) is 16.2. The van der Waals surface area contributed by atoms with Gasteiger partial charge in [0.15, 0.2) is 0 Å². The van der Waals surface area contributed by atoms with Crippen molar-refractivity contribution in [1.29, 1.82) is 0 Å². The van der Waals surface area contributed by atoms with E-state index in [-0.39, 0.29) is 5.97 Å². The molecule has 0 atom stereocenters. The first-order valence-electron chi connectivity index (χ1n) is 14.1. The first-order valence-corrected chi connectivity index (χ1v) is 14.1. The van der Waals surface area contributed by atoms with Crippen LogP contribution in [0.1, 0.15) is 96.5 Å². The predicted octanol–water partition coefficient (Wildman–Crippen LogP) is 9.84. The average molecular weight is 507 g/mol. The van der Waals surface area contributed by atoms with Crippen LogP contribution in [0.4, 0.5) is 11.4 Å². The molecule has 0 fully saturated rings. The molecule has 0 aliphatic heterocycles. The summed E-state index contributed by atoms with van der Waals surface area (Å²) in [6.45, 7) is 8.74. The van der Waals surface area contributed by atoms with Gasteiger partial charge in [0.05, 0.1) is 24.6 Å². The molecule has 0 saturated heterocycles. The topological polar surface area (TPSA) is 60.2 Å². The van der Waals surface area contributed by atoms with E-state index in [1.54, 1.807) is 6.92 Å². The normalized spacial score (nSPS) is 11.1. The van der Waals surface area contributed by atoms with E-state index in [0.717, 1.165) is 49.4 Å². The second-order valence-electron chi connectivity index (χ2n) is 9.76. The molecule has 5 nitrogen and oxygen atoms in total. The lowest BCUT2D eigenvalue weighted by Gasteiger charge is -2.06. The monoisotopic (exact) mass is 506 g/mol. The summed E-state index contributed by atoms with van der Waals surface area (Å²) in [7, 11) is 0. The number of hydrogen-bond donors (Lipinski definition) is 0. The van der Waals surface area contributed by atoms with Gasteiger partial charge in [0.25, 0.3) is 0 Å². The molecule has 2 rings (SSSR count). The van der Waals surface area contributed by atoms with Gasteiger partial charge >= 0.3 is 5.97 Å². The SMILES string of the molecule is C=C(C)C(=O)OCCCCCCCCCCCCOc1ccc(N=Nc2ccc(CCCC)cc2)cc1. The number of aryl methyl sites for hydroxylation is 1. The Morgan fingerprint density at radius 1 is 0.703 bits per heavy atom. The summed E-state index contributed by atoms with van der Waals surface area (Å²) >= 11 is 0. The molecule has 0 N–H and O–H groups in total. The number of benzene rings is 2. The third-order valence-corrected chi connectivity index (χ3v) is 6.26. The maximum atomic E-state index is 11.3. The Kier molecular flexibility index (Phi) is 15.7. The highest BCUT2D eigenvalue weighted by Crippen LogP contribution is 2.22. The van der Waals surface area contributed by atoms with Gasteiger partial charge in [0.1, 0.15) is 5.75 Å². The van der Waals surface area contributed by atoms with E-state index in [2.05, 4.69) is 35.9 Å². The van der Waals surface area contributed by atoms with E-state index >= 15 is 0 Å². The average Bonchev–Trinajstić information content (AvgIpc) is 2.92. The van der Waals surface area contributed by atoms with Crippen LogP contribution < -0.4 is 4.74 Å². The molecule has 0 heterocycles. The number of carbonyl (C=O) groups excluding carboxylic acids is 1. The molecule has 5 heteroatoms. The van der Waals surface area contributed by atoms with Gasteiger partial charge in [-0.1, -0.05) is 83.4 Å². The van der Waals surface area contributed by atoms with Gasteiger partial charge in [0.2, 0.25) is 0 Å². The number of esters is 1. The molecule has 37 heavy (non-hydrogen) atoms. The number of rotatable bonds is 20. The van der Waals surface area contributed by atoms with Crippen LogP contribution in [0, 0.1) is 0 Å². The quantitative estimate of drug-likeness (QED) is 0.0777. The standard InChI is InChI=1S/C32H46N2O3/c1-4-5-16-28-17-19-29(20-18-28)33-34-30-21-23-31(24-22-30)36-25-14-12-10-8-6-7-9-11-13-15-26-37-32(35)27(2)3/h17-24H,2,4-16,25-26H2,1,3H3. The van der Waals surface area contributed by atoms with Crippen molar-refractivity contribution in [2.24, 2.45) is 10.2 Å². The van der Waals surface area contributed by atoms with E-state index in [1.165, 1.54) is 63.4 Å². The maximum absolute atomic E-state index is 11.3. The molecule has 2 aromatic rings. The Balaban J connectivity index is 1.45. The van der Waals surface area contributed by atoms with Crippen molar-refractivity contribution < 1.29 is 14.3 Å². The lowest BCUT2D eigenvalue weighted by Crippen LogP contribution is -2.05. The first kappa shape index (κ1) is 30.3. The van der Waals surface area contributed by atoms with E-state index in [9.17, 15) is 4.79 Å². The number of azo groups is 1. The fraction of sp³-hybridized carbons (Fsp3) is 0.531. The zero-order chi connectivity index (χ0) is 26.6. The summed E-state index contributed by atoms with van der Waals surface area (Å²) in [5, 5.41) is 8.68. The lowest BCUT2D eigenvalue weighted by molar-refractivity contribution is -0.139. The third kappa shape index (κ3) is 14.4. The highest BCUT2D eigenvalue weighted by Gasteiger charge is 2.02. The minimum absolute atomic E-state index is 0.277. The van der Waals surface area contributed by atoms with Crippen LogP contribution in [-0.2, 0) is 16.0 Å².